The second-order valence-electron chi connectivity index (χ2n) is 7.10. The summed E-state index contributed by atoms with van der Waals surface area (Å²) in [5.41, 5.74) is 1.42. The van der Waals surface area contributed by atoms with Crippen molar-refractivity contribution in [1.29, 1.82) is 0 Å². The first-order chi connectivity index (χ1) is 14.0. The van der Waals surface area contributed by atoms with Crippen LogP contribution in [0.5, 0.6) is 0 Å². The van der Waals surface area contributed by atoms with Gasteiger partial charge in [-0.15, -0.1) is 0 Å². The second kappa shape index (κ2) is 9.84. The monoisotopic (exact) mass is 417 g/mol. The van der Waals surface area contributed by atoms with Gasteiger partial charge in [0.25, 0.3) is 0 Å². The molecule has 156 valence electrons. The average Bonchev–Trinajstić information content (AvgIpc) is 2.74. The lowest BCUT2D eigenvalue weighted by atomic mass is 9.97. The van der Waals surface area contributed by atoms with Crippen molar-refractivity contribution in [2.24, 2.45) is 0 Å². The van der Waals surface area contributed by atoms with E-state index in [1.807, 2.05) is 13.0 Å². The summed E-state index contributed by atoms with van der Waals surface area (Å²) in [6, 6.07) is 9.63. The standard InChI is InChI=1S/C21H27N3O4S/c1-2-28-18-6-3-7-20(13-18)29(26,27)19-10-8-17(9-11-19)24-21(25)23-15-16-5-4-12-22-14-16/h4-5,8-12,14,18,20H,2-3,6-7,13,15H2,1H3,(H2,23,24,25). The smallest absolute Gasteiger partial charge is 0.319 e. The third kappa shape index (κ3) is 5.77. The summed E-state index contributed by atoms with van der Waals surface area (Å²) in [5.74, 6) is 0. The minimum absolute atomic E-state index is 0.0120. The number of sulfone groups is 1. The number of hydrogen-bond donors (Lipinski definition) is 2. The van der Waals surface area contributed by atoms with Crippen LogP contribution in [-0.2, 0) is 21.1 Å². The van der Waals surface area contributed by atoms with Crippen LogP contribution in [-0.4, -0.2) is 37.4 Å². The van der Waals surface area contributed by atoms with Gasteiger partial charge in [-0.1, -0.05) is 6.07 Å². The molecule has 0 spiro atoms. The van der Waals surface area contributed by atoms with Crippen LogP contribution in [0.4, 0.5) is 10.5 Å². The van der Waals surface area contributed by atoms with Crippen molar-refractivity contribution >= 4 is 21.6 Å². The number of nitrogens with one attached hydrogen (secondary N) is 2. The van der Waals surface area contributed by atoms with Crippen LogP contribution < -0.4 is 10.6 Å². The summed E-state index contributed by atoms with van der Waals surface area (Å²) in [6.07, 6.45) is 6.32. The lowest BCUT2D eigenvalue weighted by molar-refractivity contribution is 0.0377. The molecular formula is C21H27N3O4S. The van der Waals surface area contributed by atoms with Crippen molar-refractivity contribution in [3.8, 4) is 0 Å². The normalized spacial score (nSPS) is 19.5. The highest BCUT2D eigenvalue weighted by atomic mass is 32.2. The average molecular weight is 418 g/mol. The van der Waals surface area contributed by atoms with Crippen LogP contribution in [0.15, 0.2) is 53.7 Å². The Bertz CT molecular complexity index is 899. The molecule has 2 atom stereocenters. The zero-order valence-corrected chi connectivity index (χ0v) is 17.3. The molecule has 2 aromatic rings. The molecule has 8 heteroatoms. The van der Waals surface area contributed by atoms with E-state index in [-0.39, 0.29) is 17.0 Å². The summed E-state index contributed by atoms with van der Waals surface area (Å²) in [5, 5.41) is 5.03. The number of anilines is 1. The fourth-order valence-corrected chi connectivity index (χ4v) is 5.40. The Hall–Kier alpha value is -2.45. The van der Waals surface area contributed by atoms with Gasteiger partial charge in [0, 0.05) is 31.2 Å². The molecule has 1 aliphatic carbocycles. The number of carbonyl (C=O) groups is 1. The van der Waals surface area contributed by atoms with Gasteiger partial charge in [0.15, 0.2) is 9.84 Å². The van der Waals surface area contributed by atoms with Crippen LogP contribution >= 0.6 is 0 Å². The van der Waals surface area contributed by atoms with Crippen molar-refractivity contribution in [2.75, 3.05) is 11.9 Å². The number of aromatic nitrogens is 1. The van der Waals surface area contributed by atoms with E-state index in [4.69, 9.17) is 4.74 Å². The number of amides is 2. The van der Waals surface area contributed by atoms with Gasteiger partial charge in [-0.2, -0.15) is 0 Å². The third-order valence-corrected chi connectivity index (χ3v) is 7.27. The van der Waals surface area contributed by atoms with Crippen molar-refractivity contribution in [1.82, 2.24) is 10.3 Å². The van der Waals surface area contributed by atoms with Crippen LogP contribution in [0.2, 0.25) is 0 Å². The van der Waals surface area contributed by atoms with Gasteiger partial charge in [-0.3, -0.25) is 4.98 Å². The number of benzene rings is 1. The molecule has 1 saturated carbocycles. The maximum absolute atomic E-state index is 13.0. The molecule has 0 saturated heterocycles. The highest BCUT2D eigenvalue weighted by Crippen LogP contribution is 2.30. The van der Waals surface area contributed by atoms with Crippen LogP contribution in [0.25, 0.3) is 0 Å². The first kappa shape index (κ1) is 21.3. The molecule has 0 bridgehead atoms. The molecule has 0 radical (unpaired) electrons. The fourth-order valence-electron chi connectivity index (χ4n) is 3.55. The number of rotatable bonds is 7. The van der Waals surface area contributed by atoms with Crippen LogP contribution in [0, 0.1) is 0 Å². The SMILES string of the molecule is CCOC1CCCC(S(=O)(=O)c2ccc(NC(=O)NCc3cccnc3)cc2)C1. The molecule has 1 fully saturated rings. The number of carbonyl (C=O) groups excluding carboxylic acids is 1. The third-order valence-electron chi connectivity index (χ3n) is 5.04. The molecule has 1 aromatic heterocycles. The number of ether oxygens (including phenoxy) is 1. The molecular weight excluding hydrogens is 390 g/mol. The van der Waals surface area contributed by atoms with Crippen LogP contribution in [0.1, 0.15) is 38.2 Å². The molecule has 2 N–H and O–H groups in total. The Labute approximate surface area is 171 Å². The van der Waals surface area contributed by atoms with E-state index in [1.165, 1.54) is 0 Å². The number of hydrogen-bond acceptors (Lipinski definition) is 5. The summed E-state index contributed by atoms with van der Waals surface area (Å²) >= 11 is 0. The van der Waals surface area contributed by atoms with Gasteiger partial charge in [0.1, 0.15) is 0 Å². The summed E-state index contributed by atoms with van der Waals surface area (Å²) in [7, 11) is -3.42. The summed E-state index contributed by atoms with van der Waals surface area (Å²) in [4.78, 5) is 16.3. The Morgan fingerprint density at radius 3 is 2.69 bits per heavy atom. The van der Waals surface area contributed by atoms with Crippen molar-refractivity contribution in [3.05, 3.63) is 54.4 Å². The predicted molar refractivity (Wildman–Crippen MR) is 111 cm³/mol. The minimum atomic E-state index is -3.42. The molecule has 2 amide bonds. The Balaban J connectivity index is 1.58. The second-order valence-corrected chi connectivity index (χ2v) is 9.33. The van der Waals surface area contributed by atoms with E-state index in [0.29, 0.717) is 31.7 Å². The van der Waals surface area contributed by atoms with Gasteiger partial charge in [0.2, 0.25) is 0 Å². The largest absolute Gasteiger partial charge is 0.378 e. The topological polar surface area (TPSA) is 97.4 Å². The van der Waals surface area contributed by atoms with Gasteiger partial charge < -0.3 is 15.4 Å². The van der Waals surface area contributed by atoms with Crippen LogP contribution in [0.3, 0.4) is 0 Å². The van der Waals surface area contributed by atoms with Gasteiger partial charge >= 0.3 is 6.03 Å². The van der Waals surface area contributed by atoms with E-state index < -0.39 is 15.1 Å². The molecule has 1 aliphatic rings. The molecule has 7 nitrogen and oxygen atoms in total. The minimum Gasteiger partial charge on any atom is -0.378 e. The molecule has 29 heavy (non-hydrogen) atoms. The fraction of sp³-hybridized carbons (Fsp3) is 0.429. The van der Waals surface area contributed by atoms with Crippen molar-refractivity contribution < 1.29 is 17.9 Å². The van der Waals surface area contributed by atoms with Gasteiger partial charge in [-0.05, 0) is 68.5 Å². The van der Waals surface area contributed by atoms with E-state index in [0.717, 1.165) is 18.4 Å². The number of urea groups is 1. The summed E-state index contributed by atoms with van der Waals surface area (Å²) < 4.78 is 31.6. The zero-order chi connectivity index (χ0) is 20.7. The quantitative estimate of drug-likeness (QED) is 0.718. The molecule has 1 aromatic carbocycles. The zero-order valence-electron chi connectivity index (χ0n) is 16.5. The van der Waals surface area contributed by atoms with Crippen molar-refractivity contribution in [2.45, 2.75) is 55.4 Å². The lowest BCUT2D eigenvalue weighted by Gasteiger charge is -2.28. The van der Waals surface area contributed by atoms with Gasteiger partial charge in [0.05, 0.1) is 16.2 Å². The maximum atomic E-state index is 13.0. The Morgan fingerprint density at radius 1 is 1.21 bits per heavy atom. The van der Waals surface area contributed by atoms with E-state index in [9.17, 15) is 13.2 Å². The first-order valence-corrected chi connectivity index (χ1v) is 11.4. The van der Waals surface area contributed by atoms with E-state index in [1.54, 1.807) is 42.7 Å². The molecule has 1 heterocycles. The molecule has 3 rings (SSSR count). The van der Waals surface area contributed by atoms with Gasteiger partial charge in [-0.25, -0.2) is 13.2 Å². The Morgan fingerprint density at radius 2 is 2.00 bits per heavy atom. The predicted octanol–water partition coefficient (Wildman–Crippen LogP) is 3.52. The van der Waals surface area contributed by atoms with E-state index in [2.05, 4.69) is 15.6 Å². The highest BCUT2D eigenvalue weighted by Gasteiger charge is 2.33. The highest BCUT2D eigenvalue weighted by molar-refractivity contribution is 7.92. The maximum Gasteiger partial charge on any atom is 0.319 e. The number of nitrogens with zero attached hydrogens (tertiary/aromatic N) is 1. The summed E-state index contributed by atoms with van der Waals surface area (Å²) in [6.45, 7) is 2.88. The molecule has 2 unspecified atom stereocenters. The van der Waals surface area contributed by atoms with Crippen molar-refractivity contribution in [3.63, 3.8) is 0 Å². The number of pyridine rings is 1. The lowest BCUT2D eigenvalue weighted by Crippen LogP contribution is -2.32. The molecule has 0 aliphatic heterocycles. The Kier molecular flexibility index (Phi) is 7.22. The first-order valence-electron chi connectivity index (χ1n) is 9.88. The van der Waals surface area contributed by atoms with E-state index >= 15 is 0 Å².